The van der Waals surface area contributed by atoms with Crippen molar-refractivity contribution < 1.29 is 13.2 Å². The minimum atomic E-state index is -3.20. The van der Waals surface area contributed by atoms with Crippen LogP contribution in [0.15, 0.2) is 22.7 Å². The fraction of sp³-hybridized carbons (Fsp3) is 0.500. The van der Waals surface area contributed by atoms with Crippen LogP contribution in [0, 0.1) is 0 Å². The van der Waals surface area contributed by atoms with Crippen LogP contribution in [0.2, 0.25) is 0 Å². The molecule has 0 bridgehead atoms. The Morgan fingerprint density at radius 3 is 2.61 bits per heavy atom. The zero-order valence-electron chi connectivity index (χ0n) is 10.7. The lowest BCUT2D eigenvalue weighted by molar-refractivity contribution is 0.412. The Balaban J connectivity index is 2.85. The molecule has 0 saturated heterocycles. The zero-order valence-corrected chi connectivity index (χ0v) is 13.1. The molecule has 4 nitrogen and oxygen atoms in total. The maximum atomic E-state index is 11.7. The van der Waals surface area contributed by atoms with E-state index in [4.69, 9.17) is 4.74 Å². The molecule has 1 N–H and O–H groups in total. The highest BCUT2D eigenvalue weighted by Crippen LogP contribution is 2.28. The molecular formula is C12H18BrNO3S. The molecule has 18 heavy (non-hydrogen) atoms. The Kier molecular flexibility index (Phi) is 5.62. The van der Waals surface area contributed by atoms with Crippen LogP contribution in [0.25, 0.3) is 0 Å². The summed E-state index contributed by atoms with van der Waals surface area (Å²) in [5.74, 6) is 0.872. The van der Waals surface area contributed by atoms with E-state index < -0.39 is 10.0 Å². The summed E-state index contributed by atoms with van der Waals surface area (Å²) >= 11 is 3.38. The second kappa shape index (κ2) is 6.54. The molecule has 0 amide bonds. The summed E-state index contributed by atoms with van der Waals surface area (Å²) in [5.41, 5.74) is 0.891. The molecule has 0 radical (unpaired) electrons. The standard InChI is InChI=1S/C12H18BrNO3S/c1-4-7-18(15,16)14-9(2)10-5-6-12(17-3)11(13)8-10/h5-6,8-9,14H,4,7H2,1-3H3/t9-/m0/s1. The lowest BCUT2D eigenvalue weighted by Gasteiger charge is -2.15. The van der Waals surface area contributed by atoms with Crippen molar-refractivity contribution in [3.63, 3.8) is 0 Å². The van der Waals surface area contributed by atoms with Crippen molar-refractivity contribution in [2.45, 2.75) is 26.3 Å². The van der Waals surface area contributed by atoms with E-state index in [-0.39, 0.29) is 11.8 Å². The van der Waals surface area contributed by atoms with Gasteiger partial charge in [-0.1, -0.05) is 13.0 Å². The second-order valence-electron chi connectivity index (χ2n) is 4.05. The highest BCUT2D eigenvalue weighted by Gasteiger charge is 2.15. The van der Waals surface area contributed by atoms with Crippen LogP contribution >= 0.6 is 15.9 Å². The molecule has 6 heteroatoms. The van der Waals surface area contributed by atoms with Crippen LogP contribution in [0.4, 0.5) is 0 Å². The first kappa shape index (κ1) is 15.5. The van der Waals surface area contributed by atoms with Gasteiger partial charge in [-0.2, -0.15) is 0 Å². The normalized spacial score (nSPS) is 13.3. The van der Waals surface area contributed by atoms with E-state index in [2.05, 4.69) is 20.7 Å². The lowest BCUT2D eigenvalue weighted by Crippen LogP contribution is -2.28. The topological polar surface area (TPSA) is 55.4 Å². The Labute approximate surface area is 117 Å². The summed E-state index contributed by atoms with van der Waals surface area (Å²) in [7, 11) is -1.61. The predicted molar refractivity (Wildman–Crippen MR) is 76.3 cm³/mol. The van der Waals surface area contributed by atoms with Crippen molar-refractivity contribution in [1.82, 2.24) is 4.72 Å². The monoisotopic (exact) mass is 335 g/mol. The van der Waals surface area contributed by atoms with Crippen LogP contribution in [-0.4, -0.2) is 21.3 Å². The molecule has 102 valence electrons. The van der Waals surface area contributed by atoms with Gasteiger partial charge in [-0.25, -0.2) is 13.1 Å². The number of hydrogen-bond donors (Lipinski definition) is 1. The van der Waals surface area contributed by atoms with Gasteiger partial charge in [0.25, 0.3) is 0 Å². The first-order valence-electron chi connectivity index (χ1n) is 5.73. The molecule has 0 aromatic heterocycles. The number of nitrogens with one attached hydrogen (secondary N) is 1. The predicted octanol–water partition coefficient (Wildman–Crippen LogP) is 2.85. The van der Waals surface area contributed by atoms with Crippen molar-refractivity contribution >= 4 is 26.0 Å². The molecule has 1 aromatic rings. The second-order valence-corrected chi connectivity index (χ2v) is 6.78. The van der Waals surface area contributed by atoms with E-state index in [9.17, 15) is 8.42 Å². The molecule has 0 saturated carbocycles. The largest absolute Gasteiger partial charge is 0.496 e. The zero-order chi connectivity index (χ0) is 13.8. The molecule has 1 atom stereocenters. The number of hydrogen-bond acceptors (Lipinski definition) is 3. The van der Waals surface area contributed by atoms with Gasteiger partial charge in [-0.05, 0) is 47.0 Å². The van der Waals surface area contributed by atoms with Crippen molar-refractivity contribution in [1.29, 1.82) is 0 Å². The van der Waals surface area contributed by atoms with Gasteiger partial charge in [0.2, 0.25) is 10.0 Å². The highest BCUT2D eigenvalue weighted by atomic mass is 79.9. The van der Waals surface area contributed by atoms with Crippen LogP contribution in [0.3, 0.4) is 0 Å². The van der Waals surface area contributed by atoms with Crippen molar-refractivity contribution in [3.05, 3.63) is 28.2 Å². The molecule has 0 aliphatic carbocycles. The Morgan fingerprint density at radius 2 is 2.11 bits per heavy atom. The maximum absolute atomic E-state index is 11.7. The summed E-state index contributed by atoms with van der Waals surface area (Å²) in [6, 6.07) is 5.26. The van der Waals surface area contributed by atoms with E-state index >= 15 is 0 Å². The first-order chi connectivity index (χ1) is 8.39. The summed E-state index contributed by atoms with van der Waals surface area (Å²) in [6.07, 6.45) is 0.606. The quantitative estimate of drug-likeness (QED) is 0.869. The number of methoxy groups -OCH3 is 1. The molecule has 0 heterocycles. The smallest absolute Gasteiger partial charge is 0.212 e. The van der Waals surface area contributed by atoms with Crippen LogP contribution in [0.1, 0.15) is 31.9 Å². The van der Waals surface area contributed by atoms with Gasteiger partial charge in [0.15, 0.2) is 0 Å². The molecule has 0 spiro atoms. The summed E-state index contributed by atoms with van der Waals surface area (Å²) in [5, 5.41) is 0. The van der Waals surface area contributed by atoms with Gasteiger partial charge in [0.05, 0.1) is 17.3 Å². The van der Waals surface area contributed by atoms with E-state index in [1.807, 2.05) is 32.0 Å². The summed E-state index contributed by atoms with van der Waals surface area (Å²) in [6.45, 7) is 3.66. The van der Waals surface area contributed by atoms with Gasteiger partial charge < -0.3 is 4.74 Å². The molecule has 1 rings (SSSR count). The highest BCUT2D eigenvalue weighted by molar-refractivity contribution is 9.10. The van der Waals surface area contributed by atoms with Crippen LogP contribution < -0.4 is 9.46 Å². The minimum absolute atomic E-state index is 0.147. The SMILES string of the molecule is CCCS(=O)(=O)N[C@@H](C)c1ccc(OC)c(Br)c1. The Hall–Kier alpha value is -0.590. The molecule has 1 aromatic carbocycles. The van der Waals surface area contributed by atoms with Gasteiger partial charge in [0.1, 0.15) is 5.75 Å². The third-order valence-electron chi connectivity index (χ3n) is 2.51. The van der Waals surface area contributed by atoms with Crippen molar-refractivity contribution in [2.75, 3.05) is 12.9 Å². The summed E-state index contributed by atoms with van der Waals surface area (Å²) < 4.78 is 31.9. The molecule has 0 aliphatic heterocycles. The van der Waals surface area contributed by atoms with Crippen molar-refractivity contribution in [2.24, 2.45) is 0 Å². The van der Waals surface area contributed by atoms with E-state index in [1.54, 1.807) is 7.11 Å². The molecule has 0 fully saturated rings. The fourth-order valence-corrected chi connectivity index (χ4v) is 3.51. The van der Waals surface area contributed by atoms with Gasteiger partial charge in [-0.3, -0.25) is 0 Å². The third kappa shape index (κ3) is 4.26. The lowest BCUT2D eigenvalue weighted by atomic mass is 10.1. The van der Waals surface area contributed by atoms with Gasteiger partial charge in [0, 0.05) is 6.04 Å². The fourth-order valence-electron chi connectivity index (χ4n) is 1.62. The maximum Gasteiger partial charge on any atom is 0.212 e. The molecular weight excluding hydrogens is 318 g/mol. The van der Waals surface area contributed by atoms with Crippen LogP contribution in [0.5, 0.6) is 5.75 Å². The molecule has 0 unspecified atom stereocenters. The number of sulfonamides is 1. The number of ether oxygens (including phenoxy) is 1. The number of benzene rings is 1. The van der Waals surface area contributed by atoms with E-state index in [0.29, 0.717) is 6.42 Å². The van der Waals surface area contributed by atoms with Crippen LogP contribution in [-0.2, 0) is 10.0 Å². The third-order valence-corrected chi connectivity index (χ3v) is 4.78. The Morgan fingerprint density at radius 1 is 1.44 bits per heavy atom. The Bertz CT molecular complexity index is 502. The number of halogens is 1. The van der Waals surface area contributed by atoms with E-state index in [0.717, 1.165) is 15.8 Å². The number of rotatable bonds is 6. The average Bonchev–Trinajstić information content (AvgIpc) is 2.28. The van der Waals surface area contributed by atoms with Gasteiger partial charge in [-0.15, -0.1) is 0 Å². The van der Waals surface area contributed by atoms with E-state index in [1.165, 1.54) is 0 Å². The van der Waals surface area contributed by atoms with Gasteiger partial charge >= 0.3 is 0 Å². The van der Waals surface area contributed by atoms with Crippen molar-refractivity contribution in [3.8, 4) is 5.75 Å². The average molecular weight is 336 g/mol. The summed E-state index contributed by atoms with van der Waals surface area (Å²) in [4.78, 5) is 0. The minimum Gasteiger partial charge on any atom is -0.496 e. The molecule has 0 aliphatic rings. The first-order valence-corrected chi connectivity index (χ1v) is 8.17.